The molecule has 0 saturated carbocycles. The highest BCUT2D eigenvalue weighted by Gasteiger charge is 2.16. The fraction of sp³-hybridized carbons (Fsp3) is 0.364. The molecule has 0 aromatic heterocycles. The maximum atomic E-state index is 12.2. The molecular weight excluding hydrogens is 368 g/mol. The Balaban J connectivity index is 1.52. The van der Waals surface area contributed by atoms with Gasteiger partial charge < -0.3 is 24.6 Å². The summed E-state index contributed by atoms with van der Waals surface area (Å²) in [6, 6.07) is 14.7. The topological polar surface area (TPSA) is 77.8 Å². The van der Waals surface area contributed by atoms with E-state index in [1.807, 2.05) is 30.3 Å². The number of methoxy groups -OCH3 is 1. The lowest BCUT2D eigenvalue weighted by Crippen LogP contribution is -2.46. The molecule has 29 heavy (non-hydrogen) atoms. The van der Waals surface area contributed by atoms with Crippen LogP contribution in [0.4, 0.5) is 11.4 Å². The second-order valence-electron chi connectivity index (χ2n) is 6.78. The van der Waals surface area contributed by atoms with Gasteiger partial charge in [-0.25, -0.2) is 0 Å². The highest BCUT2D eigenvalue weighted by atomic mass is 16.5. The molecule has 1 aliphatic heterocycles. The van der Waals surface area contributed by atoms with E-state index in [1.54, 1.807) is 18.2 Å². The molecule has 2 aromatic rings. The molecule has 3 rings (SSSR count). The minimum Gasteiger partial charge on any atom is -0.493 e. The number of anilines is 2. The van der Waals surface area contributed by atoms with Crippen LogP contribution < -0.4 is 19.7 Å². The van der Waals surface area contributed by atoms with Crippen molar-refractivity contribution in [3.8, 4) is 17.6 Å². The molecule has 7 nitrogen and oxygen atoms in total. The smallest absolute Gasteiger partial charge is 0.262 e. The van der Waals surface area contributed by atoms with Crippen LogP contribution in [0.2, 0.25) is 0 Å². The quantitative estimate of drug-likeness (QED) is 0.778. The van der Waals surface area contributed by atoms with Gasteiger partial charge in [0.1, 0.15) is 0 Å². The Morgan fingerprint density at radius 2 is 1.83 bits per heavy atom. The van der Waals surface area contributed by atoms with E-state index in [0.29, 0.717) is 17.1 Å². The third kappa shape index (κ3) is 5.39. The Kier molecular flexibility index (Phi) is 6.93. The Hall–Kier alpha value is -3.24. The summed E-state index contributed by atoms with van der Waals surface area (Å²) < 4.78 is 10.7. The molecule has 0 radical (unpaired) electrons. The van der Waals surface area contributed by atoms with E-state index >= 15 is 0 Å². The molecule has 7 heteroatoms. The summed E-state index contributed by atoms with van der Waals surface area (Å²) in [7, 11) is 1.49. The van der Waals surface area contributed by atoms with Gasteiger partial charge in [-0.3, -0.25) is 4.79 Å². The Morgan fingerprint density at radius 3 is 2.45 bits per heavy atom. The predicted octanol–water partition coefficient (Wildman–Crippen LogP) is 2.73. The van der Waals surface area contributed by atoms with E-state index < -0.39 is 0 Å². The first-order valence-electron chi connectivity index (χ1n) is 9.71. The van der Waals surface area contributed by atoms with Gasteiger partial charge in [-0.1, -0.05) is 6.92 Å². The molecule has 0 bridgehead atoms. The number of rotatable bonds is 7. The number of nitriles is 1. The number of piperazine rings is 1. The van der Waals surface area contributed by atoms with Gasteiger partial charge in [0.05, 0.1) is 18.7 Å². The number of benzene rings is 2. The zero-order valence-electron chi connectivity index (χ0n) is 16.9. The van der Waals surface area contributed by atoms with Crippen molar-refractivity contribution in [3.63, 3.8) is 0 Å². The molecule has 152 valence electrons. The van der Waals surface area contributed by atoms with Gasteiger partial charge >= 0.3 is 0 Å². The highest BCUT2D eigenvalue weighted by molar-refractivity contribution is 5.92. The number of likely N-dealkylation sites (N-methyl/N-ethyl adjacent to an activating group) is 1. The summed E-state index contributed by atoms with van der Waals surface area (Å²) in [5.74, 6) is 0.577. The second-order valence-corrected chi connectivity index (χ2v) is 6.78. The highest BCUT2D eigenvalue weighted by Crippen LogP contribution is 2.27. The van der Waals surface area contributed by atoms with Crippen LogP contribution in [-0.4, -0.2) is 57.2 Å². The second kappa shape index (κ2) is 9.80. The number of nitrogens with one attached hydrogen (secondary N) is 1. The maximum absolute atomic E-state index is 12.2. The summed E-state index contributed by atoms with van der Waals surface area (Å²) in [4.78, 5) is 17.0. The molecule has 1 amide bonds. The number of hydrogen-bond acceptors (Lipinski definition) is 6. The Morgan fingerprint density at radius 1 is 1.10 bits per heavy atom. The molecular formula is C22H26N4O3. The van der Waals surface area contributed by atoms with Crippen LogP contribution in [-0.2, 0) is 4.79 Å². The maximum Gasteiger partial charge on any atom is 0.262 e. The Labute approximate surface area is 171 Å². The minimum absolute atomic E-state index is 0.150. The van der Waals surface area contributed by atoms with Gasteiger partial charge in [-0.2, -0.15) is 5.26 Å². The van der Waals surface area contributed by atoms with Gasteiger partial charge in [0.2, 0.25) is 0 Å². The van der Waals surface area contributed by atoms with Gasteiger partial charge in [0.15, 0.2) is 18.1 Å². The van der Waals surface area contributed by atoms with Crippen molar-refractivity contribution in [2.24, 2.45) is 0 Å². The summed E-state index contributed by atoms with van der Waals surface area (Å²) in [5.41, 5.74) is 2.36. The first kappa shape index (κ1) is 20.5. The van der Waals surface area contributed by atoms with Crippen molar-refractivity contribution in [2.45, 2.75) is 6.92 Å². The number of nitrogens with zero attached hydrogens (tertiary/aromatic N) is 3. The number of amides is 1. The first-order valence-corrected chi connectivity index (χ1v) is 9.71. The SMILES string of the molecule is CCN1CCN(c2ccc(NC(=O)COc3ccc(C#N)cc3OC)cc2)CC1. The molecule has 1 heterocycles. The molecule has 0 spiro atoms. The van der Waals surface area contributed by atoms with E-state index in [-0.39, 0.29) is 12.5 Å². The molecule has 0 aliphatic carbocycles. The molecule has 1 N–H and O–H groups in total. The van der Waals surface area contributed by atoms with Crippen LogP contribution in [0.1, 0.15) is 12.5 Å². The van der Waals surface area contributed by atoms with E-state index in [9.17, 15) is 4.79 Å². The van der Waals surface area contributed by atoms with Gasteiger partial charge in [-0.05, 0) is 42.9 Å². The average Bonchev–Trinajstić information content (AvgIpc) is 2.78. The Bertz CT molecular complexity index is 869. The minimum atomic E-state index is -0.263. The summed E-state index contributed by atoms with van der Waals surface area (Å²) in [6.07, 6.45) is 0. The monoisotopic (exact) mass is 394 g/mol. The number of carbonyl (C=O) groups is 1. The molecule has 2 aromatic carbocycles. The zero-order valence-corrected chi connectivity index (χ0v) is 16.9. The van der Waals surface area contributed by atoms with Crippen LogP contribution in [0.5, 0.6) is 11.5 Å². The van der Waals surface area contributed by atoms with E-state index in [0.717, 1.165) is 44.1 Å². The molecule has 0 atom stereocenters. The predicted molar refractivity (Wildman–Crippen MR) is 113 cm³/mol. The van der Waals surface area contributed by atoms with Crippen molar-refractivity contribution in [3.05, 3.63) is 48.0 Å². The molecule has 0 unspecified atom stereocenters. The van der Waals surface area contributed by atoms with Crippen LogP contribution in [0.3, 0.4) is 0 Å². The number of carbonyl (C=O) groups excluding carboxylic acids is 1. The standard InChI is InChI=1S/C22H26N4O3/c1-3-25-10-12-26(13-11-25)19-7-5-18(6-8-19)24-22(27)16-29-20-9-4-17(15-23)14-21(20)28-2/h4-9,14H,3,10-13,16H2,1-2H3,(H,24,27). The van der Waals surface area contributed by atoms with Gasteiger partial charge in [0.25, 0.3) is 5.91 Å². The molecule has 1 fully saturated rings. The van der Waals surface area contributed by atoms with E-state index in [1.165, 1.54) is 7.11 Å². The lowest BCUT2D eigenvalue weighted by molar-refractivity contribution is -0.118. The van der Waals surface area contributed by atoms with Crippen molar-refractivity contribution < 1.29 is 14.3 Å². The van der Waals surface area contributed by atoms with Crippen LogP contribution in [0, 0.1) is 11.3 Å². The number of hydrogen-bond donors (Lipinski definition) is 1. The van der Waals surface area contributed by atoms with Gasteiger partial charge in [0, 0.05) is 43.6 Å². The van der Waals surface area contributed by atoms with Crippen molar-refractivity contribution in [1.29, 1.82) is 5.26 Å². The van der Waals surface area contributed by atoms with E-state index in [4.69, 9.17) is 14.7 Å². The summed E-state index contributed by atoms with van der Waals surface area (Å²) in [5, 5.41) is 11.8. The molecule has 1 aliphatic rings. The summed E-state index contributed by atoms with van der Waals surface area (Å²) >= 11 is 0. The fourth-order valence-corrected chi connectivity index (χ4v) is 3.27. The lowest BCUT2D eigenvalue weighted by Gasteiger charge is -2.35. The van der Waals surface area contributed by atoms with Crippen LogP contribution in [0.15, 0.2) is 42.5 Å². The third-order valence-corrected chi connectivity index (χ3v) is 4.99. The fourth-order valence-electron chi connectivity index (χ4n) is 3.27. The normalized spacial score (nSPS) is 14.2. The van der Waals surface area contributed by atoms with Crippen molar-refractivity contribution >= 4 is 17.3 Å². The van der Waals surface area contributed by atoms with Gasteiger partial charge in [-0.15, -0.1) is 0 Å². The largest absolute Gasteiger partial charge is 0.493 e. The van der Waals surface area contributed by atoms with Crippen LogP contribution >= 0.6 is 0 Å². The summed E-state index contributed by atoms with van der Waals surface area (Å²) in [6.45, 7) is 7.31. The lowest BCUT2D eigenvalue weighted by atomic mass is 10.2. The van der Waals surface area contributed by atoms with Crippen LogP contribution in [0.25, 0.3) is 0 Å². The third-order valence-electron chi connectivity index (χ3n) is 4.99. The first-order chi connectivity index (χ1) is 14.1. The van der Waals surface area contributed by atoms with Crippen molar-refractivity contribution in [2.75, 3.05) is 56.7 Å². The zero-order chi connectivity index (χ0) is 20.6. The average molecular weight is 394 g/mol. The molecule has 1 saturated heterocycles. The number of ether oxygens (including phenoxy) is 2. The van der Waals surface area contributed by atoms with Crippen molar-refractivity contribution in [1.82, 2.24) is 4.90 Å². The van der Waals surface area contributed by atoms with E-state index in [2.05, 4.69) is 22.0 Å².